The van der Waals surface area contributed by atoms with E-state index in [-0.39, 0.29) is 30.7 Å². The fourth-order valence-corrected chi connectivity index (χ4v) is 3.95. The minimum atomic E-state index is -0.609. The predicted octanol–water partition coefficient (Wildman–Crippen LogP) is 2.39. The highest BCUT2D eigenvalue weighted by Crippen LogP contribution is 2.34. The summed E-state index contributed by atoms with van der Waals surface area (Å²) in [6.45, 7) is -0.151. The highest BCUT2D eigenvalue weighted by atomic mass is 32.2. The Balaban J connectivity index is 1.50. The summed E-state index contributed by atoms with van der Waals surface area (Å²) in [4.78, 5) is 42.7. The van der Waals surface area contributed by atoms with Crippen LogP contribution in [-0.4, -0.2) is 62.7 Å². The van der Waals surface area contributed by atoms with Gasteiger partial charge in [-0.2, -0.15) is 0 Å². The first-order chi connectivity index (χ1) is 14.3. The van der Waals surface area contributed by atoms with Crippen molar-refractivity contribution in [1.82, 2.24) is 4.90 Å². The normalized spacial score (nSPS) is 12.9. The lowest BCUT2D eigenvalue weighted by atomic mass is 10.2. The number of likely N-dealkylation sites (N-methyl/N-ethyl adjacent to an activating group) is 1. The van der Waals surface area contributed by atoms with Gasteiger partial charge in [0, 0.05) is 38.3 Å². The molecular formula is C22H25N3O4S. The Labute approximate surface area is 180 Å². The van der Waals surface area contributed by atoms with Crippen LogP contribution >= 0.6 is 11.8 Å². The molecule has 2 amide bonds. The number of benzene rings is 2. The Kier molecular flexibility index (Phi) is 6.99. The number of nitrogens with zero attached hydrogens (tertiary/aromatic N) is 3. The molecule has 0 spiro atoms. The van der Waals surface area contributed by atoms with Crippen molar-refractivity contribution in [2.75, 3.05) is 49.8 Å². The van der Waals surface area contributed by atoms with Crippen molar-refractivity contribution in [3.05, 3.63) is 54.1 Å². The van der Waals surface area contributed by atoms with Crippen LogP contribution in [0.5, 0.6) is 0 Å². The van der Waals surface area contributed by atoms with Gasteiger partial charge in [0.1, 0.15) is 6.54 Å². The standard InChI is InChI=1S/C22H25N3O4S/c1-23(2)17-10-8-16(9-11-17)12-24(3)20(26)14-29-22(28)13-25-18-6-4-5-7-19(18)30-15-21(25)27/h4-11H,12-15H2,1-3H3. The van der Waals surface area contributed by atoms with Crippen LogP contribution in [0, 0.1) is 0 Å². The van der Waals surface area contributed by atoms with Gasteiger partial charge in [0.15, 0.2) is 6.61 Å². The number of amides is 2. The molecule has 1 aliphatic heterocycles. The van der Waals surface area contributed by atoms with Crippen molar-refractivity contribution < 1.29 is 19.1 Å². The van der Waals surface area contributed by atoms with E-state index in [0.717, 1.165) is 16.1 Å². The molecule has 0 aromatic heterocycles. The molecule has 0 saturated carbocycles. The van der Waals surface area contributed by atoms with E-state index in [0.29, 0.717) is 12.2 Å². The molecule has 8 heteroatoms. The Hall–Kier alpha value is -3.00. The van der Waals surface area contributed by atoms with Crippen LogP contribution in [0.15, 0.2) is 53.4 Å². The maximum Gasteiger partial charge on any atom is 0.326 e. The van der Waals surface area contributed by atoms with E-state index in [9.17, 15) is 14.4 Å². The number of carbonyl (C=O) groups excluding carboxylic acids is 3. The van der Waals surface area contributed by atoms with E-state index < -0.39 is 5.97 Å². The van der Waals surface area contributed by atoms with Gasteiger partial charge in [-0.15, -0.1) is 11.8 Å². The first kappa shape index (κ1) is 21.7. The van der Waals surface area contributed by atoms with E-state index in [1.54, 1.807) is 13.1 Å². The topological polar surface area (TPSA) is 70.2 Å². The number of ether oxygens (including phenoxy) is 1. The molecule has 0 saturated heterocycles. The summed E-state index contributed by atoms with van der Waals surface area (Å²) in [5, 5.41) is 0. The molecule has 1 heterocycles. The minimum Gasteiger partial charge on any atom is -0.454 e. The van der Waals surface area contributed by atoms with Crippen molar-refractivity contribution in [3.8, 4) is 0 Å². The SMILES string of the molecule is CN(Cc1ccc(N(C)C)cc1)C(=O)COC(=O)CN1C(=O)CSc2ccccc21. The Morgan fingerprint density at radius 2 is 1.77 bits per heavy atom. The lowest BCUT2D eigenvalue weighted by Gasteiger charge is -2.28. The second-order valence-corrected chi connectivity index (χ2v) is 8.22. The van der Waals surface area contributed by atoms with Crippen molar-refractivity contribution in [1.29, 1.82) is 0 Å². The summed E-state index contributed by atoms with van der Waals surface area (Å²) in [6, 6.07) is 15.3. The molecule has 3 rings (SSSR count). The number of rotatable bonds is 7. The fourth-order valence-electron chi connectivity index (χ4n) is 3.02. The summed E-state index contributed by atoms with van der Waals surface area (Å²) in [6.07, 6.45) is 0. The molecule has 0 atom stereocenters. The van der Waals surface area contributed by atoms with Crippen LogP contribution in [0.2, 0.25) is 0 Å². The van der Waals surface area contributed by atoms with E-state index in [4.69, 9.17) is 4.74 Å². The van der Waals surface area contributed by atoms with E-state index in [2.05, 4.69) is 0 Å². The van der Waals surface area contributed by atoms with Crippen LogP contribution in [0.1, 0.15) is 5.56 Å². The summed E-state index contributed by atoms with van der Waals surface area (Å²) < 4.78 is 5.14. The van der Waals surface area contributed by atoms with Gasteiger partial charge < -0.3 is 14.5 Å². The van der Waals surface area contributed by atoms with E-state index in [1.807, 2.05) is 61.5 Å². The van der Waals surface area contributed by atoms with Crippen LogP contribution in [0.3, 0.4) is 0 Å². The zero-order valence-electron chi connectivity index (χ0n) is 17.3. The second kappa shape index (κ2) is 9.67. The molecule has 0 unspecified atom stereocenters. The van der Waals surface area contributed by atoms with E-state index >= 15 is 0 Å². The van der Waals surface area contributed by atoms with Gasteiger partial charge in [-0.05, 0) is 29.8 Å². The molecule has 0 aliphatic carbocycles. The van der Waals surface area contributed by atoms with Crippen molar-refractivity contribution in [2.24, 2.45) is 0 Å². The molecular weight excluding hydrogens is 402 g/mol. The van der Waals surface area contributed by atoms with Gasteiger partial charge in [0.05, 0.1) is 11.4 Å². The number of esters is 1. The van der Waals surface area contributed by atoms with Crippen LogP contribution in [0.25, 0.3) is 0 Å². The minimum absolute atomic E-state index is 0.153. The average Bonchev–Trinajstić information content (AvgIpc) is 2.74. The quantitative estimate of drug-likeness (QED) is 0.632. The number of carbonyl (C=O) groups is 3. The van der Waals surface area contributed by atoms with Gasteiger partial charge in [-0.3, -0.25) is 19.3 Å². The van der Waals surface area contributed by atoms with Crippen molar-refractivity contribution in [3.63, 3.8) is 0 Å². The number of anilines is 2. The number of hydrogen-bond acceptors (Lipinski definition) is 6. The summed E-state index contributed by atoms with van der Waals surface area (Å²) in [5.41, 5.74) is 2.75. The average molecular weight is 428 g/mol. The first-order valence-corrected chi connectivity index (χ1v) is 10.5. The predicted molar refractivity (Wildman–Crippen MR) is 118 cm³/mol. The Morgan fingerprint density at radius 1 is 1.07 bits per heavy atom. The summed E-state index contributed by atoms with van der Waals surface area (Å²) in [5.74, 6) is -0.790. The monoisotopic (exact) mass is 427 g/mol. The molecule has 0 fully saturated rings. The highest BCUT2D eigenvalue weighted by molar-refractivity contribution is 8.00. The van der Waals surface area contributed by atoms with Crippen LogP contribution < -0.4 is 9.80 Å². The maximum atomic E-state index is 12.3. The molecule has 2 aromatic rings. The lowest BCUT2D eigenvalue weighted by Crippen LogP contribution is -2.40. The third-order valence-corrected chi connectivity index (χ3v) is 5.80. The third-order valence-electron chi connectivity index (χ3n) is 4.75. The number of fused-ring (bicyclic) bond motifs is 1. The van der Waals surface area contributed by atoms with Gasteiger partial charge in [-0.25, -0.2) is 0 Å². The zero-order chi connectivity index (χ0) is 21.7. The summed E-state index contributed by atoms with van der Waals surface area (Å²) >= 11 is 1.45. The molecule has 2 aromatic carbocycles. The highest BCUT2D eigenvalue weighted by Gasteiger charge is 2.27. The number of para-hydroxylation sites is 1. The molecule has 30 heavy (non-hydrogen) atoms. The largest absolute Gasteiger partial charge is 0.454 e. The van der Waals surface area contributed by atoms with Crippen LogP contribution in [-0.2, 0) is 25.7 Å². The molecule has 0 radical (unpaired) electrons. The second-order valence-electron chi connectivity index (χ2n) is 7.21. The van der Waals surface area contributed by atoms with Gasteiger partial charge >= 0.3 is 5.97 Å². The third kappa shape index (κ3) is 5.33. The first-order valence-electron chi connectivity index (χ1n) is 9.53. The Morgan fingerprint density at radius 3 is 2.47 bits per heavy atom. The molecule has 1 aliphatic rings. The number of hydrogen-bond donors (Lipinski definition) is 0. The van der Waals surface area contributed by atoms with Gasteiger partial charge in [-0.1, -0.05) is 24.3 Å². The summed E-state index contributed by atoms with van der Waals surface area (Å²) in [7, 11) is 5.60. The zero-order valence-corrected chi connectivity index (χ0v) is 18.1. The van der Waals surface area contributed by atoms with Gasteiger partial charge in [0.2, 0.25) is 5.91 Å². The smallest absolute Gasteiger partial charge is 0.326 e. The van der Waals surface area contributed by atoms with Gasteiger partial charge in [0.25, 0.3) is 5.91 Å². The van der Waals surface area contributed by atoms with E-state index in [1.165, 1.54) is 21.6 Å². The lowest BCUT2D eigenvalue weighted by molar-refractivity contribution is -0.150. The van der Waals surface area contributed by atoms with Crippen molar-refractivity contribution >= 4 is 40.9 Å². The Bertz CT molecular complexity index is 930. The number of thioether (sulfide) groups is 1. The van der Waals surface area contributed by atoms with Crippen molar-refractivity contribution in [2.45, 2.75) is 11.4 Å². The molecule has 7 nitrogen and oxygen atoms in total. The van der Waals surface area contributed by atoms with Crippen LogP contribution in [0.4, 0.5) is 11.4 Å². The molecule has 158 valence electrons. The maximum absolute atomic E-state index is 12.3. The molecule has 0 N–H and O–H groups in total. The molecule has 0 bridgehead atoms. The fraction of sp³-hybridized carbons (Fsp3) is 0.318.